The molecule has 1 unspecified atom stereocenters. The average Bonchev–Trinajstić information content (AvgIpc) is 2.83. The molecule has 7 nitrogen and oxygen atoms in total. The van der Waals surface area contributed by atoms with E-state index in [9.17, 15) is 14.4 Å². The Morgan fingerprint density at radius 2 is 1.96 bits per heavy atom. The third-order valence-corrected chi connectivity index (χ3v) is 3.19. The minimum absolute atomic E-state index is 0.105. The van der Waals surface area contributed by atoms with Gasteiger partial charge in [0, 0.05) is 19.9 Å². The van der Waals surface area contributed by atoms with Crippen molar-refractivity contribution < 1.29 is 28.6 Å². The SMILES string of the molecule is COC(=O)NCCC1OC(=O)C(OC(C)=O)=C1c1ccccc1. The highest BCUT2D eigenvalue weighted by atomic mass is 16.6. The van der Waals surface area contributed by atoms with E-state index in [0.717, 1.165) is 5.56 Å². The highest BCUT2D eigenvalue weighted by molar-refractivity contribution is 6.02. The molecule has 1 atom stereocenters. The van der Waals surface area contributed by atoms with E-state index in [-0.39, 0.29) is 12.3 Å². The first-order valence-corrected chi connectivity index (χ1v) is 7.03. The number of rotatable bonds is 5. The van der Waals surface area contributed by atoms with Crippen LogP contribution in [0.1, 0.15) is 18.9 Å². The van der Waals surface area contributed by atoms with Crippen LogP contribution in [-0.2, 0) is 23.8 Å². The van der Waals surface area contributed by atoms with E-state index >= 15 is 0 Å². The number of carbonyl (C=O) groups is 3. The van der Waals surface area contributed by atoms with Gasteiger partial charge in [-0.3, -0.25) is 4.79 Å². The van der Waals surface area contributed by atoms with Gasteiger partial charge in [-0.25, -0.2) is 9.59 Å². The summed E-state index contributed by atoms with van der Waals surface area (Å²) in [5.41, 5.74) is 1.22. The zero-order valence-corrected chi connectivity index (χ0v) is 12.8. The molecule has 1 amide bonds. The molecule has 1 aromatic carbocycles. The zero-order chi connectivity index (χ0) is 16.8. The molecule has 1 aliphatic heterocycles. The Balaban J connectivity index is 2.24. The number of hydrogen-bond acceptors (Lipinski definition) is 6. The van der Waals surface area contributed by atoms with E-state index < -0.39 is 24.1 Å². The van der Waals surface area contributed by atoms with Crippen molar-refractivity contribution in [3.05, 3.63) is 41.7 Å². The van der Waals surface area contributed by atoms with Crippen LogP contribution in [0.3, 0.4) is 0 Å². The lowest BCUT2D eigenvalue weighted by Gasteiger charge is -2.14. The summed E-state index contributed by atoms with van der Waals surface area (Å²) in [7, 11) is 1.26. The number of ether oxygens (including phenoxy) is 3. The third kappa shape index (κ3) is 4.09. The third-order valence-electron chi connectivity index (χ3n) is 3.19. The predicted octanol–water partition coefficient (Wildman–Crippen LogP) is 1.63. The van der Waals surface area contributed by atoms with E-state index in [1.165, 1.54) is 14.0 Å². The molecule has 1 aromatic rings. The fourth-order valence-electron chi connectivity index (χ4n) is 2.25. The molecule has 0 bridgehead atoms. The van der Waals surface area contributed by atoms with E-state index in [4.69, 9.17) is 9.47 Å². The van der Waals surface area contributed by atoms with Crippen molar-refractivity contribution in [2.45, 2.75) is 19.4 Å². The van der Waals surface area contributed by atoms with E-state index in [2.05, 4.69) is 10.1 Å². The van der Waals surface area contributed by atoms with Crippen LogP contribution in [0.25, 0.3) is 5.57 Å². The maximum atomic E-state index is 12.0. The summed E-state index contributed by atoms with van der Waals surface area (Å²) in [6.07, 6.45) is -0.855. The highest BCUT2D eigenvalue weighted by Gasteiger charge is 2.37. The summed E-state index contributed by atoms with van der Waals surface area (Å²) in [5.74, 6) is -1.40. The second-order valence-corrected chi connectivity index (χ2v) is 4.80. The summed E-state index contributed by atoms with van der Waals surface area (Å²) in [6.45, 7) is 1.46. The van der Waals surface area contributed by atoms with Gasteiger partial charge in [0.2, 0.25) is 5.76 Å². The molecule has 23 heavy (non-hydrogen) atoms. The van der Waals surface area contributed by atoms with Crippen LogP contribution < -0.4 is 5.32 Å². The molecule has 0 aliphatic carbocycles. The number of cyclic esters (lactones) is 1. The summed E-state index contributed by atoms with van der Waals surface area (Å²) < 4.78 is 14.8. The quantitative estimate of drug-likeness (QED) is 0.655. The lowest BCUT2D eigenvalue weighted by atomic mass is 9.98. The topological polar surface area (TPSA) is 90.9 Å². The fourth-order valence-corrected chi connectivity index (χ4v) is 2.25. The molecule has 7 heteroatoms. The lowest BCUT2D eigenvalue weighted by molar-refractivity contribution is -0.149. The number of amides is 1. The average molecular weight is 319 g/mol. The van der Waals surface area contributed by atoms with Crippen molar-refractivity contribution >= 4 is 23.6 Å². The minimum atomic E-state index is -0.692. The van der Waals surface area contributed by atoms with Crippen molar-refractivity contribution in [1.29, 1.82) is 0 Å². The molecule has 0 saturated carbocycles. The first-order valence-electron chi connectivity index (χ1n) is 7.03. The number of nitrogens with one attached hydrogen (secondary N) is 1. The van der Waals surface area contributed by atoms with Crippen molar-refractivity contribution in [1.82, 2.24) is 5.32 Å². The molecule has 1 N–H and O–H groups in total. The minimum Gasteiger partial charge on any atom is -0.453 e. The molecule has 1 heterocycles. The fraction of sp³-hybridized carbons (Fsp3) is 0.312. The molecule has 0 spiro atoms. The van der Waals surface area contributed by atoms with Gasteiger partial charge in [-0.05, 0) is 5.56 Å². The second kappa shape index (κ2) is 7.44. The molecule has 0 saturated heterocycles. The van der Waals surface area contributed by atoms with Crippen molar-refractivity contribution in [2.24, 2.45) is 0 Å². The summed E-state index contributed by atoms with van der Waals surface area (Å²) in [4.78, 5) is 34.3. The van der Waals surface area contributed by atoms with Gasteiger partial charge in [0.15, 0.2) is 0 Å². The lowest BCUT2D eigenvalue weighted by Crippen LogP contribution is -2.27. The molecular weight excluding hydrogens is 302 g/mol. The van der Waals surface area contributed by atoms with Gasteiger partial charge in [-0.1, -0.05) is 30.3 Å². The molecule has 0 fully saturated rings. The van der Waals surface area contributed by atoms with Gasteiger partial charge in [0.1, 0.15) is 6.10 Å². The smallest absolute Gasteiger partial charge is 0.406 e. The Kier molecular flexibility index (Phi) is 5.35. The maximum Gasteiger partial charge on any atom is 0.406 e. The summed E-state index contributed by atoms with van der Waals surface area (Å²) in [6, 6.07) is 9.03. The van der Waals surface area contributed by atoms with E-state index in [0.29, 0.717) is 12.0 Å². The number of methoxy groups -OCH3 is 1. The summed E-state index contributed by atoms with van der Waals surface area (Å²) >= 11 is 0. The molecule has 2 rings (SSSR count). The van der Waals surface area contributed by atoms with Gasteiger partial charge in [-0.2, -0.15) is 0 Å². The van der Waals surface area contributed by atoms with Gasteiger partial charge in [-0.15, -0.1) is 0 Å². The number of carbonyl (C=O) groups excluding carboxylic acids is 3. The maximum absolute atomic E-state index is 12.0. The van der Waals surface area contributed by atoms with Crippen LogP contribution in [0.15, 0.2) is 36.1 Å². The number of benzene rings is 1. The summed E-state index contributed by atoms with van der Waals surface area (Å²) in [5, 5.41) is 2.52. The van der Waals surface area contributed by atoms with Gasteiger partial charge < -0.3 is 19.5 Å². The molecule has 0 radical (unpaired) electrons. The molecular formula is C16H17NO6. The van der Waals surface area contributed by atoms with Crippen LogP contribution in [0, 0.1) is 0 Å². The van der Waals surface area contributed by atoms with Crippen LogP contribution in [0.2, 0.25) is 0 Å². The van der Waals surface area contributed by atoms with Gasteiger partial charge in [0.05, 0.1) is 12.7 Å². The van der Waals surface area contributed by atoms with Crippen molar-refractivity contribution in [3.8, 4) is 0 Å². The van der Waals surface area contributed by atoms with Crippen LogP contribution in [-0.4, -0.2) is 37.8 Å². The van der Waals surface area contributed by atoms with Crippen LogP contribution in [0.4, 0.5) is 4.79 Å². The molecule has 122 valence electrons. The van der Waals surface area contributed by atoms with Crippen LogP contribution in [0.5, 0.6) is 0 Å². The normalized spacial score (nSPS) is 16.8. The molecule has 1 aliphatic rings. The predicted molar refractivity (Wildman–Crippen MR) is 80.0 cm³/mol. The molecule has 0 aromatic heterocycles. The second-order valence-electron chi connectivity index (χ2n) is 4.80. The Bertz CT molecular complexity index is 637. The monoisotopic (exact) mass is 319 g/mol. The highest BCUT2D eigenvalue weighted by Crippen LogP contribution is 2.33. The number of alkyl carbamates (subject to hydrolysis) is 1. The van der Waals surface area contributed by atoms with Crippen molar-refractivity contribution in [2.75, 3.05) is 13.7 Å². The van der Waals surface area contributed by atoms with Gasteiger partial charge >= 0.3 is 18.0 Å². The van der Waals surface area contributed by atoms with Gasteiger partial charge in [0.25, 0.3) is 0 Å². The van der Waals surface area contributed by atoms with Crippen LogP contribution >= 0.6 is 0 Å². The number of hydrogen-bond donors (Lipinski definition) is 1. The zero-order valence-electron chi connectivity index (χ0n) is 12.8. The Labute approximate surface area is 133 Å². The first-order chi connectivity index (χ1) is 11.0. The Morgan fingerprint density at radius 1 is 1.26 bits per heavy atom. The first kappa shape index (κ1) is 16.5. The number of esters is 2. The Morgan fingerprint density at radius 3 is 2.57 bits per heavy atom. The van der Waals surface area contributed by atoms with E-state index in [1.54, 1.807) is 24.3 Å². The largest absolute Gasteiger partial charge is 0.453 e. The standard InChI is InChI=1S/C16H17NO6/c1-10(18)22-14-13(11-6-4-3-5-7-11)12(23-15(14)19)8-9-17-16(20)21-2/h3-7,12H,8-9H2,1-2H3,(H,17,20). The van der Waals surface area contributed by atoms with Crippen molar-refractivity contribution in [3.63, 3.8) is 0 Å². The van der Waals surface area contributed by atoms with E-state index in [1.807, 2.05) is 6.07 Å². The Hall–Kier alpha value is -2.83.